The van der Waals surface area contributed by atoms with Crippen LogP contribution < -0.4 is 10.1 Å². The third kappa shape index (κ3) is 4.47. The zero-order chi connectivity index (χ0) is 21.8. The number of hydrogen-bond donors (Lipinski definition) is 2. The summed E-state index contributed by atoms with van der Waals surface area (Å²) < 4.78 is 5.88. The van der Waals surface area contributed by atoms with Crippen molar-refractivity contribution < 1.29 is 4.74 Å². The van der Waals surface area contributed by atoms with Crippen molar-refractivity contribution in [3.8, 4) is 28.1 Å². The monoisotopic (exact) mass is 436 g/mol. The van der Waals surface area contributed by atoms with Crippen molar-refractivity contribution in [2.75, 3.05) is 39.6 Å². The van der Waals surface area contributed by atoms with Gasteiger partial charge in [0.1, 0.15) is 17.7 Å². The Hall–Kier alpha value is -3.16. The van der Waals surface area contributed by atoms with Crippen molar-refractivity contribution in [3.63, 3.8) is 0 Å². The number of H-pyrrole nitrogens is 1. The zero-order valence-corrected chi connectivity index (χ0v) is 18.6. The van der Waals surface area contributed by atoms with E-state index in [1.807, 2.05) is 31.3 Å². The van der Waals surface area contributed by atoms with E-state index in [1.165, 1.54) is 6.33 Å². The van der Waals surface area contributed by atoms with Gasteiger partial charge < -0.3 is 19.9 Å². The van der Waals surface area contributed by atoms with Crippen LogP contribution in [0.2, 0.25) is 5.02 Å². The lowest BCUT2D eigenvalue weighted by Gasteiger charge is -2.11. The van der Waals surface area contributed by atoms with Gasteiger partial charge in [-0.15, -0.1) is 0 Å². The number of nitrogens with one attached hydrogen (secondary N) is 2. The summed E-state index contributed by atoms with van der Waals surface area (Å²) in [5, 5.41) is 4.66. The number of ether oxygens (including phenoxy) is 1. The number of pyridine rings is 1. The highest BCUT2D eigenvalue weighted by Crippen LogP contribution is 2.42. The van der Waals surface area contributed by atoms with Crippen LogP contribution in [0.15, 0.2) is 49.2 Å². The molecule has 7 nitrogen and oxygen atoms in total. The van der Waals surface area contributed by atoms with Crippen LogP contribution in [-0.4, -0.2) is 59.1 Å². The first kappa shape index (κ1) is 21.1. The second-order valence-corrected chi connectivity index (χ2v) is 7.89. The van der Waals surface area contributed by atoms with Crippen molar-refractivity contribution >= 4 is 28.3 Å². The summed E-state index contributed by atoms with van der Waals surface area (Å²) in [6.07, 6.45) is 7.73. The Morgan fingerprint density at radius 2 is 1.81 bits per heavy atom. The minimum atomic E-state index is 0.556. The molecule has 0 fully saturated rings. The Labute approximate surface area is 186 Å². The second-order valence-electron chi connectivity index (χ2n) is 7.49. The molecule has 0 amide bonds. The SMILES string of the molecule is CNc1c(Cl)cnc2[nH]c(-c3ccc(OCCCN(C)C)cc3)c(-c3cncnc3)c12. The van der Waals surface area contributed by atoms with E-state index in [4.69, 9.17) is 16.3 Å². The molecule has 8 heteroatoms. The maximum atomic E-state index is 6.43. The lowest BCUT2D eigenvalue weighted by atomic mass is 10.0. The molecule has 2 N–H and O–H groups in total. The van der Waals surface area contributed by atoms with Crippen molar-refractivity contribution in [1.82, 2.24) is 24.8 Å². The topological polar surface area (TPSA) is 79.0 Å². The van der Waals surface area contributed by atoms with Gasteiger partial charge in [0, 0.05) is 37.1 Å². The average Bonchev–Trinajstić information content (AvgIpc) is 3.17. The third-order valence-corrected chi connectivity index (χ3v) is 5.32. The average molecular weight is 437 g/mol. The molecule has 4 rings (SSSR count). The van der Waals surface area contributed by atoms with E-state index in [1.54, 1.807) is 18.6 Å². The van der Waals surface area contributed by atoms with Crippen LogP contribution >= 0.6 is 11.6 Å². The molecule has 3 aromatic heterocycles. The lowest BCUT2D eigenvalue weighted by molar-refractivity contribution is 0.281. The van der Waals surface area contributed by atoms with E-state index in [2.05, 4.69) is 44.2 Å². The molecule has 3 heterocycles. The van der Waals surface area contributed by atoms with Gasteiger partial charge in [-0.25, -0.2) is 15.0 Å². The smallest absolute Gasteiger partial charge is 0.140 e. The number of anilines is 1. The lowest BCUT2D eigenvalue weighted by Crippen LogP contribution is -2.15. The minimum Gasteiger partial charge on any atom is -0.494 e. The number of benzene rings is 1. The molecule has 4 aromatic rings. The molecule has 0 radical (unpaired) electrons. The number of aromatic amines is 1. The Balaban J connectivity index is 1.74. The Morgan fingerprint density at radius 1 is 1.06 bits per heavy atom. The van der Waals surface area contributed by atoms with Crippen LogP contribution in [0.4, 0.5) is 5.69 Å². The van der Waals surface area contributed by atoms with Gasteiger partial charge >= 0.3 is 0 Å². The first-order chi connectivity index (χ1) is 15.1. The third-order valence-electron chi connectivity index (χ3n) is 5.04. The molecule has 160 valence electrons. The molecular weight excluding hydrogens is 412 g/mol. The fraction of sp³-hybridized carbons (Fsp3) is 0.261. The van der Waals surface area contributed by atoms with Gasteiger partial charge in [0.2, 0.25) is 0 Å². The number of rotatable bonds is 8. The van der Waals surface area contributed by atoms with Gasteiger partial charge in [-0.05, 0) is 50.3 Å². The van der Waals surface area contributed by atoms with E-state index in [0.29, 0.717) is 11.6 Å². The van der Waals surface area contributed by atoms with Gasteiger partial charge in [-0.1, -0.05) is 11.6 Å². The molecule has 0 spiro atoms. The number of hydrogen-bond acceptors (Lipinski definition) is 6. The number of halogens is 1. The Kier molecular flexibility index (Phi) is 6.34. The van der Waals surface area contributed by atoms with E-state index in [0.717, 1.165) is 57.8 Å². The van der Waals surface area contributed by atoms with Crippen LogP contribution in [0.25, 0.3) is 33.4 Å². The van der Waals surface area contributed by atoms with Gasteiger partial charge in [0.25, 0.3) is 0 Å². The summed E-state index contributed by atoms with van der Waals surface area (Å²) in [4.78, 5) is 18.5. The number of aromatic nitrogens is 4. The van der Waals surface area contributed by atoms with Crippen LogP contribution in [0, 0.1) is 0 Å². The first-order valence-electron chi connectivity index (χ1n) is 10.1. The normalized spacial score (nSPS) is 11.3. The van der Waals surface area contributed by atoms with Crippen molar-refractivity contribution in [2.45, 2.75) is 6.42 Å². The highest BCUT2D eigenvalue weighted by Gasteiger charge is 2.20. The fourth-order valence-corrected chi connectivity index (χ4v) is 3.84. The number of nitrogens with zero attached hydrogens (tertiary/aromatic N) is 4. The second kappa shape index (κ2) is 9.32. The predicted octanol–water partition coefficient (Wildman–Crippen LogP) is 4.71. The number of fused-ring (bicyclic) bond motifs is 1. The fourth-order valence-electron chi connectivity index (χ4n) is 3.60. The molecule has 0 aliphatic carbocycles. The molecule has 0 bridgehead atoms. The van der Waals surface area contributed by atoms with Gasteiger partial charge in [0.15, 0.2) is 0 Å². The Bertz CT molecular complexity index is 1160. The van der Waals surface area contributed by atoms with Gasteiger partial charge in [0.05, 0.1) is 34.6 Å². The molecule has 0 saturated carbocycles. The van der Waals surface area contributed by atoms with Crippen LogP contribution in [0.1, 0.15) is 6.42 Å². The van der Waals surface area contributed by atoms with E-state index < -0.39 is 0 Å². The van der Waals surface area contributed by atoms with Crippen molar-refractivity contribution in [2.24, 2.45) is 0 Å². The summed E-state index contributed by atoms with van der Waals surface area (Å²) in [6.45, 7) is 1.68. The molecule has 1 aromatic carbocycles. The Morgan fingerprint density at radius 3 is 2.48 bits per heavy atom. The quantitative estimate of drug-likeness (QED) is 0.389. The molecule has 0 saturated heterocycles. The largest absolute Gasteiger partial charge is 0.494 e. The first-order valence-corrected chi connectivity index (χ1v) is 10.5. The van der Waals surface area contributed by atoms with Gasteiger partial charge in [-0.2, -0.15) is 0 Å². The summed E-state index contributed by atoms with van der Waals surface area (Å²) in [7, 11) is 5.97. The highest BCUT2D eigenvalue weighted by molar-refractivity contribution is 6.35. The summed E-state index contributed by atoms with van der Waals surface area (Å²) in [6, 6.07) is 8.06. The van der Waals surface area contributed by atoms with Crippen LogP contribution in [0.3, 0.4) is 0 Å². The molecule has 31 heavy (non-hydrogen) atoms. The summed E-state index contributed by atoms with van der Waals surface area (Å²) in [5.74, 6) is 0.847. The summed E-state index contributed by atoms with van der Waals surface area (Å²) >= 11 is 6.43. The van der Waals surface area contributed by atoms with E-state index in [9.17, 15) is 0 Å². The predicted molar refractivity (Wildman–Crippen MR) is 126 cm³/mol. The molecule has 0 unspecified atom stereocenters. The van der Waals surface area contributed by atoms with Crippen molar-refractivity contribution in [3.05, 3.63) is 54.2 Å². The van der Waals surface area contributed by atoms with E-state index >= 15 is 0 Å². The summed E-state index contributed by atoms with van der Waals surface area (Å²) in [5.41, 5.74) is 5.33. The molecular formula is C23H25ClN6O. The van der Waals surface area contributed by atoms with Crippen molar-refractivity contribution in [1.29, 1.82) is 0 Å². The molecule has 0 aliphatic heterocycles. The zero-order valence-electron chi connectivity index (χ0n) is 17.8. The minimum absolute atomic E-state index is 0.556. The molecule has 0 aliphatic rings. The standard InChI is InChI=1S/C23H25ClN6O/c1-25-22-18(24)13-28-23-20(22)19(16-11-26-14-27-12-16)21(29-23)15-5-7-17(8-6-15)31-10-4-9-30(2)3/h5-8,11-14H,4,9-10H2,1-3H3,(H2,25,28,29). The molecule has 0 atom stereocenters. The van der Waals surface area contributed by atoms with E-state index in [-0.39, 0.29) is 0 Å². The highest BCUT2D eigenvalue weighted by atomic mass is 35.5. The van der Waals surface area contributed by atoms with Gasteiger partial charge in [-0.3, -0.25) is 0 Å². The maximum Gasteiger partial charge on any atom is 0.140 e. The van der Waals surface area contributed by atoms with Crippen LogP contribution in [-0.2, 0) is 0 Å². The maximum absolute atomic E-state index is 6.43. The van der Waals surface area contributed by atoms with Crippen LogP contribution in [0.5, 0.6) is 5.75 Å².